The maximum absolute atomic E-state index is 10.5. The molecule has 0 heterocycles. The first kappa shape index (κ1) is 9.25. The summed E-state index contributed by atoms with van der Waals surface area (Å²) in [5.41, 5.74) is 11.8. The molecule has 1 aromatic carbocycles. The lowest BCUT2D eigenvalue weighted by Gasteiger charge is -2.04. The van der Waals surface area contributed by atoms with Crippen LogP contribution in [0.2, 0.25) is 0 Å². The van der Waals surface area contributed by atoms with Gasteiger partial charge in [0.2, 0.25) is 5.91 Å². The van der Waals surface area contributed by atoms with Gasteiger partial charge in [-0.15, -0.1) is 0 Å². The van der Waals surface area contributed by atoms with Gasteiger partial charge in [-0.3, -0.25) is 4.79 Å². The normalized spacial score (nSPS) is 9.54. The van der Waals surface area contributed by atoms with Crippen LogP contribution in [0.3, 0.4) is 0 Å². The van der Waals surface area contributed by atoms with Gasteiger partial charge in [-0.25, -0.2) is 0 Å². The van der Waals surface area contributed by atoms with Crippen LogP contribution >= 0.6 is 0 Å². The molecule has 0 atom stereocenters. The van der Waals surface area contributed by atoms with Crippen LogP contribution in [0.4, 0.5) is 5.69 Å². The number of amides is 1. The molecule has 4 heteroatoms. The number of anilines is 1. The second kappa shape index (κ2) is 3.71. The summed E-state index contributed by atoms with van der Waals surface area (Å²) in [4.78, 5) is 10.5. The second-order valence-corrected chi connectivity index (χ2v) is 2.71. The van der Waals surface area contributed by atoms with E-state index in [1.165, 1.54) is 0 Å². The van der Waals surface area contributed by atoms with Crippen molar-refractivity contribution in [3.63, 3.8) is 0 Å². The molecule has 1 amide bonds. The number of nitrogen functional groups attached to an aromatic ring is 1. The van der Waals surface area contributed by atoms with Crippen molar-refractivity contribution in [2.24, 2.45) is 5.73 Å². The van der Waals surface area contributed by atoms with Crippen LogP contribution in [0.15, 0.2) is 24.3 Å². The predicted octanol–water partition coefficient (Wildman–Crippen LogP) is 0.512. The van der Waals surface area contributed by atoms with Gasteiger partial charge < -0.3 is 16.9 Å². The molecule has 0 aliphatic carbocycles. The zero-order chi connectivity index (χ0) is 9.84. The lowest BCUT2D eigenvalue weighted by atomic mass is 10.1. The molecule has 1 aromatic rings. The summed E-state index contributed by atoms with van der Waals surface area (Å²) in [5, 5.41) is 7.52. The maximum Gasteiger partial charge on any atom is 0.223 e. The first-order valence-electron chi connectivity index (χ1n) is 3.82. The largest absolute Gasteiger partial charge is 0.398 e. The van der Waals surface area contributed by atoms with Crippen molar-refractivity contribution in [1.29, 1.82) is 5.41 Å². The van der Waals surface area contributed by atoms with Crippen molar-refractivity contribution in [1.82, 2.24) is 0 Å². The Labute approximate surface area is 76.1 Å². The minimum atomic E-state index is -0.520. The number of carbonyl (C=O) groups is 1. The van der Waals surface area contributed by atoms with E-state index in [1.54, 1.807) is 24.3 Å². The van der Waals surface area contributed by atoms with Crippen LogP contribution in [-0.2, 0) is 4.79 Å². The lowest BCUT2D eigenvalue weighted by Crippen LogP contribution is -2.17. The number of nitrogens with one attached hydrogen (secondary N) is 1. The first-order chi connectivity index (χ1) is 6.11. The average Bonchev–Trinajstić information content (AvgIpc) is 2.03. The summed E-state index contributed by atoms with van der Waals surface area (Å²) >= 11 is 0. The number of para-hydroxylation sites is 1. The van der Waals surface area contributed by atoms with E-state index in [4.69, 9.17) is 16.9 Å². The minimum Gasteiger partial charge on any atom is -0.398 e. The SMILES string of the molecule is N=C(CC(N)=O)c1ccccc1N. The Hall–Kier alpha value is -1.84. The molecule has 0 bridgehead atoms. The predicted molar refractivity (Wildman–Crippen MR) is 51.5 cm³/mol. The van der Waals surface area contributed by atoms with Gasteiger partial charge in [-0.2, -0.15) is 0 Å². The zero-order valence-corrected chi connectivity index (χ0v) is 7.08. The van der Waals surface area contributed by atoms with Crippen LogP contribution < -0.4 is 11.5 Å². The summed E-state index contributed by atoms with van der Waals surface area (Å²) < 4.78 is 0. The Bertz CT molecular complexity index is 346. The van der Waals surface area contributed by atoms with Crippen LogP contribution in [0, 0.1) is 5.41 Å². The third-order valence-corrected chi connectivity index (χ3v) is 1.64. The standard InChI is InChI=1S/C9H11N3O/c10-7-4-2-1-3-6(7)8(11)5-9(12)13/h1-4,11H,5,10H2,(H2,12,13). The van der Waals surface area contributed by atoms with Gasteiger partial charge in [0.25, 0.3) is 0 Å². The Kier molecular flexibility index (Phi) is 2.64. The van der Waals surface area contributed by atoms with E-state index in [0.29, 0.717) is 11.3 Å². The average molecular weight is 177 g/mol. The van der Waals surface area contributed by atoms with Crippen LogP contribution in [0.1, 0.15) is 12.0 Å². The molecule has 13 heavy (non-hydrogen) atoms. The molecular formula is C9H11N3O. The smallest absolute Gasteiger partial charge is 0.223 e. The third kappa shape index (κ3) is 2.30. The van der Waals surface area contributed by atoms with Gasteiger partial charge in [0.05, 0.1) is 6.42 Å². The zero-order valence-electron chi connectivity index (χ0n) is 7.08. The van der Waals surface area contributed by atoms with Crippen molar-refractivity contribution in [3.8, 4) is 0 Å². The topological polar surface area (TPSA) is 93.0 Å². The molecule has 0 fully saturated rings. The quantitative estimate of drug-likeness (QED) is 0.463. The fraction of sp³-hybridized carbons (Fsp3) is 0.111. The van der Waals surface area contributed by atoms with Gasteiger partial charge in [0, 0.05) is 17.0 Å². The highest BCUT2D eigenvalue weighted by Crippen LogP contribution is 2.12. The van der Waals surface area contributed by atoms with Crippen molar-refractivity contribution in [3.05, 3.63) is 29.8 Å². The second-order valence-electron chi connectivity index (χ2n) is 2.71. The molecule has 0 aliphatic rings. The number of nitrogens with two attached hydrogens (primary N) is 2. The Balaban J connectivity index is 2.89. The van der Waals surface area contributed by atoms with Gasteiger partial charge in [0.15, 0.2) is 0 Å². The Morgan fingerprint density at radius 3 is 2.54 bits per heavy atom. The summed E-state index contributed by atoms with van der Waals surface area (Å²) in [6, 6.07) is 6.92. The van der Waals surface area contributed by atoms with E-state index in [1.807, 2.05) is 0 Å². The van der Waals surface area contributed by atoms with E-state index in [9.17, 15) is 4.79 Å². The molecule has 0 unspecified atom stereocenters. The number of primary amides is 1. The van der Waals surface area contributed by atoms with Gasteiger partial charge in [-0.05, 0) is 6.07 Å². The number of hydrogen-bond donors (Lipinski definition) is 3. The van der Waals surface area contributed by atoms with E-state index >= 15 is 0 Å². The number of carbonyl (C=O) groups excluding carboxylic acids is 1. The highest BCUT2D eigenvalue weighted by atomic mass is 16.1. The first-order valence-corrected chi connectivity index (χ1v) is 3.82. The fourth-order valence-electron chi connectivity index (χ4n) is 1.04. The van der Waals surface area contributed by atoms with Gasteiger partial charge >= 0.3 is 0 Å². The van der Waals surface area contributed by atoms with Crippen LogP contribution in [-0.4, -0.2) is 11.6 Å². The summed E-state index contributed by atoms with van der Waals surface area (Å²) in [7, 11) is 0. The van der Waals surface area contributed by atoms with Crippen LogP contribution in [0.25, 0.3) is 0 Å². The van der Waals surface area contributed by atoms with Gasteiger partial charge in [-0.1, -0.05) is 18.2 Å². The van der Waals surface area contributed by atoms with E-state index in [2.05, 4.69) is 0 Å². The fourth-order valence-corrected chi connectivity index (χ4v) is 1.04. The molecule has 68 valence electrons. The molecule has 5 N–H and O–H groups in total. The number of rotatable bonds is 3. The lowest BCUT2D eigenvalue weighted by molar-refractivity contribution is -0.116. The van der Waals surface area contributed by atoms with E-state index in [-0.39, 0.29) is 12.1 Å². The maximum atomic E-state index is 10.5. The van der Waals surface area contributed by atoms with E-state index in [0.717, 1.165) is 0 Å². The third-order valence-electron chi connectivity index (χ3n) is 1.64. The van der Waals surface area contributed by atoms with Crippen LogP contribution in [0.5, 0.6) is 0 Å². The van der Waals surface area contributed by atoms with Crippen molar-refractivity contribution < 1.29 is 4.79 Å². The van der Waals surface area contributed by atoms with Crippen molar-refractivity contribution >= 4 is 17.3 Å². The monoisotopic (exact) mass is 177 g/mol. The Morgan fingerprint density at radius 2 is 2.00 bits per heavy atom. The Morgan fingerprint density at radius 1 is 1.38 bits per heavy atom. The highest BCUT2D eigenvalue weighted by molar-refractivity contribution is 6.11. The molecule has 0 aliphatic heterocycles. The van der Waals surface area contributed by atoms with Crippen molar-refractivity contribution in [2.45, 2.75) is 6.42 Å². The molecule has 0 aromatic heterocycles. The summed E-state index contributed by atoms with van der Waals surface area (Å²) in [5.74, 6) is -0.520. The molecule has 0 saturated heterocycles. The minimum absolute atomic E-state index is 0.0752. The molecule has 0 saturated carbocycles. The van der Waals surface area contributed by atoms with Gasteiger partial charge in [0.1, 0.15) is 0 Å². The molecule has 1 rings (SSSR count). The van der Waals surface area contributed by atoms with Crippen molar-refractivity contribution in [2.75, 3.05) is 5.73 Å². The number of benzene rings is 1. The highest BCUT2D eigenvalue weighted by Gasteiger charge is 2.07. The summed E-state index contributed by atoms with van der Waals surface area (Å²) in [6.45, 7) is 0. The molecule has 4 nitrogen and oxygen atoms in total. The molecule has 0 spiro atoms. The molecular weight excluding hydrogens is 166 g/mol. The summed E-state index contributed by atoms with van der Waals surface area (Å²) in [6.07, 6.45) is -0.0752. The number of hydrogen-bond acceptors (Lipinski definition) is 3. The molecule has 0 radical (unpaired) electrons. The van der Waals surface area contributed by atoms with E-state index < -0.39 is 5.91 Å².